The van der Waals surface area contributed by atoms with Crippen LogP contribution < -0.4 is 0 Å². The van der Waals surface area contributed by atoms with Crippen LogP contribution in [0.3, 0.4) is 0 Å². The zero-order valence-corrected chi connectivity index (χ0v) is 15.1. The Morgan fingerprint density at radius 3 is 1.76 bits per heavy atom. The summed E-state index contributed by atoms with van der Waals surface area (Å²) in [4.78, 5) is 0. The number of rotatable bonds is 1. The van der Waals surface area contributed by atoms with Crippen LogP contribution in [0.4, 0.5) is 0 Å². The van der Waals surface area contributed by atoms with Crippen molar-refractivity contribution in [1.29, 1.82) is 0 Å². The summed E-state index contributed by atoms with van der Waals surface area (Å²) in [6.07, 6.45) is 3.62. The van der Waals surface area contributed by atoms with Crippen molar-refractivity contribution in [3.63, 3.8) is 0 Å². The van der Waals surface area contributed by atoms with Crippen LogP contribution in [0.1, 0.15) is 67.7 Å². The predicted octanol–water partition coefficient (Wildman–Crippen LogP) is 3.76. The first-order valence-electron chi connectivity index (χ1n) is 8.17. The topological polar surface area (TPSA) is 47.9 Å². The van der Waals surface area contributed by atoms with Crippen molar-refractivity contribution in [3.8, 4) is 0 Å². The van der Waals surface area contributed by atoms with E-state index >= 15 is 0 Å². The Morgan fingerprint density at radius 2 is 1.62 bits per heavy atom. The molecule has 0 bridgehead atoms. The van der Waals surface area contributed by atoms with Crippen LogP contribution in [0.5, 0.6) is 0 Å². The van der Waals surface area contributed by atoms with Gasteiger partial charge in [0.25, 0.3) is 0 Å². The Hall–Kier alpha value is -0.160. The molecular weight excluding hydrogens is 268 g/mol. The van der Waals surface area contributed by atoms with E-state index in [-0.39, 0.29) is 11.9 Å². The highest BCUT2D eigenvalue weighted by Gasteiger charge is 2.29. The molecule has 2 rings (SSSR count). The molecule has 0 aliphatic carbocycles. The van der Waals surface area contributed by atoms with E-state index in [2.05, 4.69) is 6.92 Å². The summed E-state index contributed by atoms with van der Waals surface area (Å²) in [5.41, 5.74) is -0.458. The van der Waals surface area contributed by atoms with Crippen molar-refractivity contribution in [2.24, 2.45) is 5.92 Å². The van der Waals surface area contributed by atoms with Gasteiger partial charge in [-0.05, 0) is 59.8 Å². The van der Waals surface area contributed by atoms with E-state index in [1.54, 1.807) is 13.8 Å². The largest absolute Gasteiger partial charge is 0.390 e. The fourth-order valence-corrected chi connectivity index (χ4v) is 1.69. The number of hydrogen-bond acceptors (Lipinski definition) is 4. The minimum absolute atomic E-state index is 0.269. The molecule has 0 aromatic heterocycles. The molecule has 0 radical (unpaired) electrons. The standard InChI is InChI=1S/C6H12O2.C6H12O.C5H12O/c1-5-4-7-6(2,3)8-5;1-6-2-4-7-5-3-6;1-4-5(2,3)6/h5H,4H2,1-3H3;6H,2-5H2,1H3;6H,4H2,1-3H3/t5-;;/m0../s1. The summed E-state index contributed by atoms with van der Waals surface area (Å²) in [6.45, 7) is 16.4. The van der Waals surface area contributed by atoms with E-state index in [9.17, 15) is 0 Å². The monoisotopic (exact) mass is 304 g/mol. The molecule has 0 spiro atoms. The molecule has 1 atom stereocenters. The molecule has 0 amide bonds. The van der Waals surface area contributed by atoms with Crippen molar-refractivity contribution in [1.82, 2.24) is 0 Å². The van der Waals surface area contributed by atoms with E-state index in [1.165, 1.54) is 12.8 Å². The van der Waals surface area contributed by atoms with Gasteiger partial charge in [-0.15, -0.1) is 0 Å². The normalized spacial score (nSPS) is 25.4. The summed E-state index contributed by atoms with van der Waals surface area (Å²) < 4.78 is 15.7. The second-order valence-electron chi connectivity index (χ2n) is 7.10. The Labute approximate surface area is 131 Å². The zero-order chi connectivity index (χ0) is 16.5. The molecule has 4 heteroatoms. The average molecular weight is 304 g/mol. The molecule has 4 nitrogen and oxygen atoms in total. The molecular formula is C17H36O4. The second kappa shape index (κ2) is 9.78. The van der Waals surface area contributed by atoms with Crippen molar-refractivity contribution in [2.75, 3.05) is 19.8 Å². The van der Waals surface area contributed by atoms with Gasteiger partial charge in [0.05, 0.1) is 18.3 Å². The van der Waals surface area contributed by atoms with Crippen molar-refractivity contribution >= 4 is 0 Å². The van der Waals surface area contributed by atoms with Gasteiger partial charge in [0.2, 0.25) is 0 Å². The molecule has 2 saturated heterocycles. The highest BCUT2D eigenvalue weighted by molar-refractivity contribution is 4.65. The maximum absolute atomic E-state index is 8.83. The molecule has 2 aliphatic heterocycles. The lowest BCUT2D eigenvalue weighted by atomic mass is 10.0. The lowest BCUT2D eigenvalue weighted by molar-refractivity contribution is -0.136. The second-order valence-corrected chi connectivity index (χ2v) is 7.10. The Balaban J connectivity index is 0.000000290. The van der Waals surface area contributed by atoms with Crippen molar-refractivity contribution < 1.29 is 19.3 Å². The van der Waals surface area contributed by atoms with Crippen LogP contribution in [-0.4, -0.2) is 42.4 Å². The molecule has 0 saturated carbocycles. The van der Waals surface area contributed by atoms with Gasteiger partial charge in [0.15, 0.2) is 5.79 Å². The first-order chi connectivity index (χ1) is 9.56. The van der Waals surface area contributed by atoms with E-state index in [0.29, 0.717) is 0 Å². The van der Waals surface area contributed by atoms with E-state index in [0.717, 1.165) is 32.2 Å². The fraction of sp³-hybridized carbons (Fsp3) is 1.00. The molecule has 1 N–H and O–H groups in total. The van der Waals surface area contributed by atoms with Gasteiger partial charge in [-0.2, -0.15) is 0 Å². The van der Waals surface area contributed by atoms with Gasteiger partial charge < -0.3 is 19.3 Å². The minimum atomic E-state index is -0.458. The summed E-state index contributed by atoms with van der Waals surface area (Å²) in [5.74, 6) is 0.577. The SMILES string of the molecule is CC1CCOCC1.CCC(C)(C)O.C[C@H]1COC(C)(C)O1. The Bertz CT molecular complexity index is 252. The third-order valence-electron chi connectivity index (χ3n) is 3.53. The Kier molecular flexibility index (Phi) is 9.70. The predicted molar refractivity (Wildman–Crippen MR) is 86.4 cm³/mol. The van der Waals surface area contributed by atoms with E-state index in [1.807, 2.05) is 27.7 Å². The number of aliphatic hydroxyl groups is 1. The van der Waals surface area contributed by atoms with Gasteiger partial charge >= 0.3 is 0 Å². The van der Waals surface area contributed by atoms with Crippen LogP contribution in [0.25, 0.3) is 0 Å². The third-order valence-corrected chi connectivity index (χ3v) is 3.53. The molecule has 2 aliphatic rings. The number of hydrogen-bond donors (Lipinski definition) is 1. The summed E-state index contributed by atoms with van der Waals surface area (Å²) in [7, 11) is 0. The van der Waals surface area contributed by atoms with Gasteiger partial charge in [-0.25, -0.2) is 0 Å². The molecule has 21 heavy (non-hydrogen) atoms. The maximum atomic E-state index is 8.83. The fourth-order valence-electron chi connectivity index (χ4n) is 1.69. The minimum Gasteiger partial charge on any atom is -0.390 e. The van der Waals surface area contributed by atoms with Crippen molar-refractivity contribution in [3.05, 3.63) is 0 Å². The van der Waals surface area contributed by atoms with Crippen molar-refractivity contribution in [2.45, 2.75) is 85.2 Å². The van der Waals surface area contributed by atoms with Crippen LogP contribution in [0.2, 0.25) is 0 Å². The van der Waals surface area contributed by atoms with Crippen LogP contribution in [-0.2, 0) is 14.2 Å². The lowest BCUT2D eigenvalue weighted by Crippen LogP contribution is -2.20. The molecule has 2 fully saturated rings. The summed E-state index contributed by atoms with van der Waals surface area (Å²) in [6, 6.07) is 0. The van der Waals surface area contributed by atoms with Crippen LogP contribution in [0.15, 0.2) is 0 Å². The van der Waals surface area contributed by atoms with Gasteiger partial charge in [0, 0.05) is 13.2 Å². The van der Waals surface area contributed by atoms with E-state index < -0.39 is 5.60 Å². The van der Waals surface area contributed by atoms with Crippen LogP contribution in [0, 0.1) is 5.92 Å². The highest BCUT2D eigenvalue weighted by Crippen LogP contribution is 2.21. The average Bonchev–Trinajstić information content (AvgIpc) is 2.69. The first-order valence-corrected chi connectivity index (χ1v) is 8.17. The smallest absolute Gasteiger partial charge is 0.163 e. The maximum Gasteiger partial charge on any atom is 0.163 e. The Morgan fingerprint density at radius 1 is 1.14 bits per heavy atom. The molecule has 0 aromatic rings. The first kappa shape index (κ1) is 20.8. The lowest BCUT2D eigenvalue weighted by Gasteiger charge is -2.16. The summed E-state index contributed by atoms with van der Waals surface area (Å²) in [5, 5.41) is 8.83. The molecule has 2 heterocycles. The van der Waals surface area contributed by atoms with Gasteiger partial charge in [-0.3, -0.25) is 0 Å². The molecule has 0 unspecified atom stereocenters. The van der Waals surface area contributed by atoms with Gasteiger partial charge in [-0.1, -0.05) is 13.8 Å². The van der Waals surface area contributed by atoms with E-state index in [4.69, 9.17) is 19.3 Å². The summed E-state index contributed by atoms with van der Waals surface area (Å²) >= 11 is 0. The highest BCUT2D eigenvalue weighted by atomic mass is 16.7. The van der Waals surface area contributed by atoms with Crippen LogP contribution >= 0.6 is 0 Å². The molecule has 0 aromatic carbocycles. The molecule has 128 valence electrons. The van der Waals surface area contributed by atoms with Gasteiger partial charge in [0.1, 0.15) is 0 Å². The zero-order valence-electron chi connectivity index (χ0n) is 15.1. The number of ether oxygens (including phenoxy) is 3. The quantitative estimate of drug-likeness (QED) is 0.801. The third kappa shape index (κ3) is 13.2.